The number of hydrogen-bond acceptors (Lipinski definition) is 1. The molecule has 1 amide bonds. The van der Waals surface area contributed by atoms with Crippen molar-refractivity contribution >= 4 is 5.91 Å². The number of carbonyl (C=O) groups is 1. The minimum absolute atomic E-state index is 0.00852. The van der Waals surface area contributed by atoms with E-state index < -0.39 is 0 Å². The van der Waals surface area contributed by atoms with Crippen LogP contribution in [0.15, 0.2) is 12.3 Å². The van der Waals surface area contributed by atoms with Crippen molar-refractivity contribution in [1.82, 2.24) is 5.32 Å². The smallest absolute Gasteiger partial charge is 0.227 e. The van der Waals surface area contributed by atoms with E-state index in [-0.39, 0.29) is 17.2 Å². The molecule has 70 valence electrons. The van der Waals surface area contributed by atoms with Gasteiger partial charge in [-0.25, -0.2) is 0 Å². The standard InChI is InChI=1S/C10H19NO/c1-7(2)11-9(12)8(3)10(4,5)6/h8H,1H2,2-6H3,(H,11,12). The first kappa shape index (κ1) is 11.2. The van der Waals surface area contributed by atoms with E-state index in [1.54, 1.807) is 6.92 Å². The molecule has 0 saturated heterocycles. The summed E-state index contributed by atoms with van der Waals surface area (Å²) in [5.41, 5.74) is 0.718. The lowest BCUT2D eigenvalue weighted by molar-refractivity contribution is -0.126. The molecule has 0 heterocycles. The van der Waals surface area contributed by atoms with Gasteiger partial charge < -0.3 is 5.32 Å². The maximum Gasteiger partial charge on any atom is 0.227 e. The molecule has 0 aliphatic carbocycles. The summed E-state index contributed by atoms with van der Waals surface area (Å²) in [6, 6.07) is 0. The Morgan fingerprint density at radius 1 is 1.42 bits per heavy atom. The predicted molar refractivity (Wildman–Crippen MR) is 51.6 cm³/mol. The van der Waals surface area contributed by atoms with Crippen LogP contribution in [0.5, 0.6) is 0 Å². The fraction of sp³-hybridized carbons (Fsp3) is 0.700. The third-order valence-corrected chi connectivity index (χ3v) is 2.03. The van der Waals surface area contributed by atoms with E-state index >= 15 is 0 Å². The number of nitrogens with one attached hydrogen (secondary N) is 1. The molecule has 0 rings (SSSR count). The number of hydrogen-bond donors (Lipinski definition) is 1. The minimum atomic E-state index is 0.00852. The molecule has 0 aromatic rings. The molecule has 0 saturated carbocycles. The van der Waals surface area contributed by atoms with Crippen LogP contribution >= 0.6 is 0 Å². The Morgan fingerprint density at radius 3 is 2.08 bits per heavy atom. The Bertz CT molecular complexity index is 189. The Hall–Kier alpha value is -0.790. The normalized spacial score (nSPS) is 13.8. The van der Waals surface area contributed by atoms with Crippen LogP contribution in [-0.4, -0.2) is 5.91 Å². The summed E-state index contributed by atoms with van der Waals surface area (Å²) in [5.74, 6) is 0.0594. The van der Waals surface area contributed by atoms with Crippen LogP contribution in [0, 0.1) is 11.3 Å². The largest absolute Gasteiger partial charge is 0.330 e. The van der Waals surface area contributed by atoms with Gasteiger partial charge in [0.2, 0.25) is 5.91 Å². The van der Waals surface area contributed by atoms with E-state index in [0.717, 1.165) is 0 Å². The summed E-state index contributed by atoms with van der Waals surface area (Å²) < 4.78 is 0. The summed E-state index contributed by atoms with van der Waals surface area (Å²) in [5, 5.41) is 2.72. The Kier molecular flexibility index (Phi) is 3.50. The van der Waals surface area contributed by atoms with E-state index in [0.29, 0.717) is 5.70 Å². The molecule has 0 aromatic heterocycles. The van der Waals surface area contributed by atoms with Crippen molar-refractivity contribution in [1.29, 1.82) is 0 Å². The summed E-state index contributed by atoms with van der Waals surface area (Å²) in [6.45, 7) is 13.5. The zero-order valence-electron chi connectivity index (χ0n) is 8.69. The number of carbonyl (C=O) groups excluding carboxylic acids is 1. The number of rotatable bonds is 2. The van der Waals surface area contributed by atoms with Crippen molar-refractivity contribution in [3.63, 3.8) is 0 Å². The Labute approximate surface area is 75.0 Å². The molecule has 0 fully saturated rings. The second-order valence-corrected chi connectivity index (χ2v) is 4.36. The summed E-state index contributed by atoms with van der Waals surface area (Å²) in [4.78, 5) is 11.4. The molecular formula is C10H19NO. The molecule has 2 nitrogen and oxygen atoms in total. The first-order chi connectivity index (χ1) is 5.25. The highest BCUT2D eigenvalue weighted by molar-refractivity contribution is 5.80. The first-order valence-corrected chi connectivity index (χ1v) is 4.21. The van der Waals surface area contributed by atoms with Crippen molar-refractivity contribution in [3.05, 3.63) is 12.3 Å². The minimum Gasteiger partial charge on any atom is -0.330 e. The van der Waals surface area contributed by atoms with Crippen molar-refractivity contribution < 1.29 is 4.79 Å². The Balaban J connectivity index is 4.21. The second-order valence-electron chi connectivity index (χ2n) is 4.36. The van der Waals surface area contributed by atoms with Gasteiger partial charge in [0.25, 0.3) is 0 Å². The van der Waals surface area contributed by atoms with Gasteiger partial charge in [0.05, 0.1) is 0 Å². The number of allylic oxidation sites excluding steroid dienone is 1. The molecule has 0 aromatic carbocycles. The third-order valence-electron chi connectivity index (χ3n) is 2.03. The van der Waals surface area contributed by atoms with Crippen LogP contribution in [0.3, 0.4) is 0 Å². The molecule has 1 atom stereocenters. The van der Waals surface area contributed by atoms with E-state index in [1.807, 2.05) is 6.92 Å². The molecular weight excluding hydrogens is 150 g/mol. The van der Waals surface area contributed by atoms with Gasteiger partial charge in [0.1, 0.15) is 0 Å². The van der Waals surface area contributed by atoms with Crippen molar-refractivity contribution in [2.45, 2.75) is 34.6 Å². The lowest BCUT2D eigenvalue weighted by Gasteiger charge is -2.25. The van der Waals surface area contributed by atoms with Gasteiger partial charge in [-0.05, 0) is 12.3 Å². The van der Waals surface area contributed by atoms with Crippen LogP contribution in [0.25, 0.3) is 0 Å². The van der Waals surface area contributed by atoms with Gasteiger partial charge in [0.15, 0.2) is 0 Å². The van der Waals surface area contributed by atoms with Crippen LogP contribution < -0.4 is 5.32 Å². The van der Waals surface area contributed by atoms with Gasteiger partial charge >= 0.3 is 0 Å². The molecule has 0 radical (unpaired) electrons. The number of amides is 1. The van der Waals surface area contributed by atoms with Crippen LogP contribution in [0.4, 0.5) is 0 Å². The molecule has 2 heteroatoms. The van der Waals surface area contributed by atoms with Crippen LogP contribution in [-0.2, 0) is 4.79 Å². The predicted octanol–water partition coefficient (Wildman–Crippen LogP) is 2.32. The maximum atomic E-state index is 11.4. The summed E-state index contributed by atoms with van der Waals surface area (Å²) in [7, 11) is 0. The van der Waals surface area contributed by atoms with E-state index in [1.165, 1.54) is 0 Å². The molecule has 0 aliphatic rings. The average Bonchev–Trinajstić information content (AvgIpc) is 1.82. The fourth-order valence-electron chi connectivity index (χ4n) is 0.712. The molecule has 1 N–H and O–H groups in total. The maximum absolute atomic E-state index is 11.4. The highest BCUT2D eigenvalue weighted by atomic mass is 16.1. The molecule has 0 bridgehead atoms. The monoisotopic (exact) mass is 169 g/mol. The fourth-order valence-corrected chi connectivity index (χ4v) is 0.712. The zero-order valence-corrected chi connectivity index (χ0v) is 8.69. The highest BCUT2D eigenvalue weighted by Gasteiger charge is 2.26. The van der Waals surface area contributed by atoms with E-state index in [4.69, 9.17) is 0 Å². The highest BCUT2D eigenvalue weighted by Crippen LogP contribution is 2.25. The van der Waals surface area contributed by atoms with Gasteiger partial charge in [-0.3, -0.25) is 4.79 Å². The van der Waals surface area contributed by atoms with Crippen molar-refractivity contribution in [3.8, 4) is 0 Å². The second kappa shape index (κ2) is 3.74. The van der Waals surface area contributed by atoms with Crippen LogP contribution in [0.2, 0.25) is 0 Å². The Morgan fingerprint density at radius 2 is 1.83 bits per heavy atom. The van der Waals surface area contributed by atoms with Gasteiger partial charge in [-0.15, -0.1) is 0 Å². The lowest BCUT2D eigenvalue weighted by Crippen LogP contribution is -2.34. The average molecular weight is 169 g/mol. The van der Waals surface area contributed by atoms with E-state index in [2.05, 4.69) is 32.7 Å². The lowest BCUT2D eigenvalue weighted by atomic mass is 9.81. The van der Waals surface area contributed by atoms with Crippen LogP contribution in [0.1, 0.15) is 34.6 Å². The quantitative estimate of drug-likeness (QED) is 0.675. The zero-order chi connectivity index (χ0) is 9.94. The summed E-state index contributed by atoms with van der Waals surface area (Å²) >= 11 is 0. The van der Waals surface area contributed by atoms with Gasteiger partial charge in [-0.1, -0.05) is 34.3 Å². The molecule has 1 unspecified atom stereocenters. The van der Waals surface area contributed by atoms with Gasteiger partial charge in [-0.2, -0.15) is 0 Å². The van der Waals surface area contributed by atoms with Gasteiger partial charge in [0, 0.05) is 11.6 Å². The van der Waals surface area contributed by atoms with Crippen molar-refractivity contribution in [2.75, 3.05) is 0 Å². The molecule has 12 heavy (non-hydrogen) atoms. The summed E-state index contributed by atoms with van der Waals surface area (Å²) in [6.07, 6.45) is 0. The first-order valence-electron chi connectivity index (χ1n) is 4.21. The SMILES string of the molecule is C=C(C)NC(=O)C(C)C(C)(C)C. The van der Waals surface area contributed by atoms with Crippen molar-refractivity contribution in [2.24, 2.45) is 11.3 Å². The van der Waals surface area contributed by atoms with E-state index in [9.17, 15) is 4.79 Å². The molecule has 0 spiro atoms. The molecule has 0 aliphatic heterocycles. The third kappa shape index (κ3) is 3.56. The topological polar surface area (TPSA) is 29.1 Å².